The maximum atomic E-state index is 9.32. The van der Waals surface area contributed by atoms with Crippen LogP contribution in [-0.2, 0) is 13.0 Å². The first kappa shape index (κ1) is 12.8. The van der Waals surface area contributed by atoms with Gasteiger partial charge in [0.25, 0.3) is 0 Å². The fraction of sp³-hybridized carbons (Fsp3) is 0.429. The molecule has 2 heterocycles. The van der Waals surface area contributed by atoms with Gasteiger partial charge in [0.2, 0.25) is 0 Å². The van der Waals surface area contributed by atoms with Crippen LogP contribution in [0.2, 0.25) is 0 Å². The standard InChI is InChI=1S/C14H19N3O/c1-4-5-13-7-12(9-18)8-14(15-13)17-11(3)6-10(2)16-17/h6-8,18H,4-5,9H2,1-3H3. The van der Waals surface area contributed by atoms with Gasteiger partial charge in [-0.05, 0) is 44.0 Å². The fourth-order valence-electron chi connectivity index (χ4n) is 2.08. The molecule has 18 heavy (non-hydrogen) atoms. The molecule has 0 unspecified atom stereocenters. The molecule has 0 fully saturated rings. The molecule has 0 radical (unpaired) electrons. The number of aromatic nitrogens is 3. The monoisotopic (exact) mass is 245 g/mol. The fourth-order valence-corrected chi connectivity index (χ4v) is 2.08. The molecule has 4 heteroatoms. The lowest BCUT2D eigenvalue weighted by Crippen LogP contribution is -2.05. The molecule has 0 bridgehead atoms. The average Bonchev–Trinajstić information content (AvgIpc) is 2.68. The number of rotatable bonds is 4. The van der Waals surface area contributed by atoms with Crippen LogP contribution < -0.4 is 0 Å². The molecule has 2 aromatic rings. The Hall–Kier alpha value is -1.68. The summed E-state index contributed by atoms with van der Waals surface area (Å²) in [6, 6.07) is 5.87. The Balaban J connectivity index is 2.49. The molecule has 4 nitrogen and oxygen atoms in total. The SMILES string of the molecule is CCCc1cc(CO)cc(-n2nc(C)cc2C)n1. The maximum absolute atomic E-state index is 9.32. The third kappa shape index (κ3) is 2.59. The van der Waals surface area contributed by atoms with Gasteiger partial charge in [-0.1, -0.05) is 13.3 Å². The molecular weight excluding hydrogens is 226 g/mol. The van der Waals surface area contributed by atoms with Gasteiger partial charge in [-0.15, -0.1) is 0 Å². The lowest BCUT2D eigenvalue weighted by atomic mass is 10.1. The second-order valence-corrected chi connectivity index (χ2v) is 4.57. The van der Waals surface area contributed by atoms with Gasteiger partial charge in [0.1, 0.15) is 0 Å². The van der Waals surface area contributed by atoms with E-state index in [9.17, 15) is 5.11 Å². The molecular formula is C14H19N3O. The second kappa shape index (κ2) is 5.31. The van der Waals surface area contributed by atoms with E-state index in [-0.39, 0.29) is 6.61 Å². The maximum Gasteiger partial charge on any atom is 0.154 e. The summed E-state index contributed by atoms with van der Waals surface area (Å²) in [4.78, 5) is 4.60. The lowest BCUT2D eigenvalue weighted by molar-refractivity contribution is 0.281. The van der Waals surface area contributed by atoms with Gasteiger partial charge in [0.05, 0.1) is 12.3 Å². The molecule has 0 amide bonds. The van der Waals surface area contributed by atoms with Crippen molar-refractivity contribution in [2.75, 3.05) is 0 Å². The third-order valence-electron chi connectivity index (χ3n) is 2.84. The highest BCUT2D eigenvalue weighted by Crippen LogP contribution is 2.14. The molecule has 0 saturated heterocycles. The molecule has 0 aliphatic heterocycles. The summed E-state index contributed by atoms with van der Waals surface area (Å²) in [5.74, 6) is 0.788. The summed E-state index contributed by atoms with van der Waals surface area (Å²) in [7, 11) is 0. The predicted octanol–water partition coefficient (Wildman–Crippen LogP) is 2.33. The van der Waals surface area contributed by atoms with E-state index in [1.165, 1.54) is 0 Å². The van der Waals surface area contributed by atoms with Crippen LogP contribution in [0.4, 0.5) is 0 Å². The quantitative estimate of drug-likeness (QED) is 0.899. The second-order valence-electron chi connectivity index (χ2n) is 4.57. The number of hydrogen-bond donors (Lipinski definition) is 1. The smallest absolute Gasteiger partial charge is 0.154 e. The molecule has 0 saturated carbocycles. The molecule has 0 aliphatic rings. The number of aliphatic hydroxyl groups excluding tert-OH is 1. The van der Waals surface area contributed by atoms with Crippen LogP contribution in [0.5, 0.6) is 0 Å². The van der Waals surface area contributed by atoms with Crippen molar-refractivity contribution >= 4 is 0 Å². The molecule has 1 N–H and O–H groups in total. The van der Waals surface area contributed by atoms with E-state index in [0.29, 0.717) is 0 Å². The first-order valence-corrected chi connectivity index (χ1v) is 6.28. The summed E-state index contributed by atoms with van der Waals surface area (Å²) in [6.45, 7) is 6.13. The summed E-state index contributed by atoms with van der Waals surface area (Å²) < 4.78 is 1.83. The number of nitrogens with zero attached hydrogens (tertiary/aromatic N) is 3. The Morgan fingerprint density at radius 2 is 2.00 bits per heavy atom. The van der Waals surface area contributed by atoms with Crippen LogP contribution in [0.3, 0.4) is 0 Å². The normalized spacial score (nSPS) is 10.9. The summed E-state index contributed by atoms with van der Waals surface area (Å²) in [5.41, 5.74) is 3.92. The average molecular weight is 245 g/mol. The van der Waals surface area contributed by atoms with Crippen molar-refractivity contribution in [3.8, 4) is 5.82 Å². The molecule has 2 aromatic heterocycles. The minimum absolute atomic E-state index is 0.0333. The van der Waals surface area contributed by atoms with Gasteiger partial charge in [-0.3, -0.25) is 0 Å². The van der Waals surface area contributed by atoms with E-state index in [1.807, 2.05) is 36.7 Å². The van der Waals surface area contributed by atoms with Crippen LogP contribution in [0, 0.1) is 13.8 Å². The van der Waals surface area contributed by atoms with E-state index in [4.69, 9.17) is 0 Å². The Morgan fingerprint density at radius 3 is 2.56 bits per heavy atom. The molecule has 0 spiro atoms. The lowest BCUT2D eigenvalue weighted by Gasteiger charge is -2.08. The number of hydrogen-bond acceptors (Lipinski definition) is 3. The van der Waals surface area contributed by atoms with E-state index in [1.54, 1.807) is 0 Å². The Kier molecular flexibility index (Phi) is 3.77. The van der Waals surface area contributed by atoms with Gasteiger partial charge in [-0.25, -0.2) is 9.67 Å². The van der Waals surface area contributed by atoms with Crippen LogP contribution in [0.1, 0.15) is 36.0 Å². The van der Waals surface area contributed by atoms with Crippen LogP contribution >= 0.6 is 0 Å². The highest BCUT2D eigenvalue weighted by molar-refractivity contribution is 5.32. The minimum atomic E-state index is 0.0333. The van der Waals surface area contributed by atoms with Gasteiger partial charge in [-0.2, -0.15) is 5.10 Å². The Morgan fingerprint density at radius 1 is 1.22 bits per heavy atom. The first-order chi connectivity index (χ1) is 8.63. The van der Waals surface area contributed by atoms with E-state index < -0.39 is 0 Å². The molecule has 96 valence electrons. The Labute approximate surface area is 107 Å². The zero-order chi connectivity index (χ0) is 13.1. The zero-order valence-electron chi connectivity index (χ0n) is 11.1. The predicted molar refractivity (Wildman–Crippen MR) is 70.8 cm³/mol. The van der Waals surface area contributed by atoms with Crippen LogP contribution in [-0.4, -0.2) is 19.9 Å². The van der Waals surface area contributed by atoms with Crippen LogP contribution in [0.25, 0.3) is 5.82 Å². The number of aryl methyl sites for hydroxylation is 3. The Bertz CT molecular complexity index is 546. The van der Waals surface area contributed by atoms with Crippen LogP contribution in [0.15, 0.2) is 18.2 Å². The van der Waals surface area contributed by atoms with Crippen molar-refractivity contribution in [3.63, 3.8) is 0 Å². The third-order valence-corrected chi connectivity index (χ3v) is 2.84. The highest BCUT2D eigenvalue weighted by Gasteiger charge is 2.08. The van der Waals surface area contributed by atoms with Crippen molar-refractivity contribution in [2.24, 2.45) is 0 Å². The van der Waals surface area contributed by atoms with Gasteiger partial charge < -0.3 is 5.11 Å². The van der Waals surface area contributed by atoms with Crippen molar-refractivity contribution in [1.29, 1.82) is 0 Å². The van der Waals surface area contributed by atoms with E-state index in [0.717, 1.165) is 41.3 Å². The van der Waals surface area contributed by atoms with Crippen molar-refractivity contribution in [3.05, 3.63) is 40.8 Å². The molecule has 0 atom stereocenters. The van der Waals surface area contributed by atoms with E-state index in [2.05, 4.69) is 17.0 Å². The van der Waals surface area contributed by atoms with Crippen molar-refractivity contribution in [2.45, 2.75) is 40.2 Å². The summed E-state index contributed by atoms with van der Waals surface area (Å²) in [5, 5.41) is 13.7. The summed E-state index contributed by atoms with van der Waals surface area (Å²) in [6.07, 6.45) is 1.96. The van der Waals surface area contributed by atoms with Crippen molar-refractivity contribution < 1.29 is 5.11 Å². The number of pyridine rings is 1. The van der Waals surface area contributed by atoms with Gasteiger partial charge in [0.15, 0.2) is 5.82 Å². The van der Waals surface area contributed by atoms with Gasteiger partial charge >= 0.3 is 0 Å². The van der Waals surface area contributed by atoms with E-state index >= 15 is 0 Å². The molecule has 2 rings (SSSR count). The largest absolute Gasteiger partial charge is 0.392 e. The van der Waals surface area contributed by atoms with Gasteiger partial charge in [0, 0.05) is 11.4 Å². The minimum Gasteiger partial charge on any atom is -0.392 e. The zero-order valence-corrected chi connectivity index (χ0v) is 11.1. The summed E-state index contributed by atoms with van der Waals surface area (Å²) >= 11 is 0. The molecule has 0 aliphatic carbocycles. The van der Waals surface area contributed by atoms with Crippen molar-refractivity contribution in [1.82, 2.24) is 14.8 Å². The topological polar surface area (TPSA) is 50.9 Å². The highest BCUT2D eigenvalue weighted by atomic mass is 16.3. The first-order valence-electron chi connectivity index (χ1n) is 6.28. The molecule has 0 aromatic carbocycles. The number of aliphatic hydroxyl groups is 1.